The zero-order valence-electron chi connectivity index (χ0n) is 11.9. The monoisotopic (exact) mass is 342 g/mol. The second-order valence-electron chi connectivity index (χ2n) is 5.92. The fraction of sp³-hybridized carbons (Fsp3) is 0.533. The lowest BCUT2D eigenvalue weighted by Gasteiger charge is -2.37. The lowest BCUT2D eigenvalue weighted by molar-refractivity contribution is 0.0887. The summed E-state index contributed by atoms with van der Waals surface area (Å²) in [6, 6.07) is 4.41. The fourth-order valence-electron chi connectivity index (χ4n) is 2.40. The van der Waals surface area contributed by atoms with Crippen LogP contribution in [-0.2, 0) is 0 Å². The lowest BCUT2D eigenvalue weighted by Crippen LogP contribution is -2.43. The molecule has 1 saturated heterocycles. The van der Waals surface area contributed by atoms with Gasteiger partial charge in [-0.25, -0.2) is 4.39 Å². The van der Waals surface area contributed by atoms with E-state index in [1.54, 1.807) is 6.07 Å². The topological polar surface area (TPSA) is 32.3 Å². The Morgan fingerprint density at radius 2 is 2.10 bits per heavy atom. The number of carbonyl (C=O) groups is 1. The third-order valence-electron chi connectivity index (χ3n) is 4.04. The van der Waals surface area contributed by atoms with Gasteiger partial charge in [0.1, 0.15) is 5.82 Å². The van der Waals surface area contributed by atoms with Crippen LogP contribution in [0.3, 0.4) is 0 Å². The summed E-state index contributed by atoms with van der Waals surface area (Å²) >= 11 is 3.26. The largest absolute Gasteiger partial charge is 0.351 e. The van der Waals surface area contributed by atoms with Crippen LogP contribution in [0.2, 0.25) is 0 Å². The molecule has 0 aromatic heterocycles. The molecule has 0 unspecified atom stereocenters. The standard InChI is InChI=1S/C15H20BrFN2O/c1-15(5-7-19(2)8-6-15)10-18-14(20)12-9-11(16)3-4-13(12)17/h3-4,9H,5-8,10H2,1-2H3,(H,18,20). The molecule has 1 aromatic carbocycles. The molecule has 1 aromatic rings. The Labute approximate surface area is 127 Å². The number of carbonyl (C=O) groups excluding carboxylic acids is 1. The number of nitrogens with one attached hydrogen (secondary N) is 1. The van der Waals surface area contributed by atoms with E-state index < -0.39 is 5.82 Å². The van der Waals surface area contributed by atoms with E-state index in [1.807, 2.05) is 0 Å². The summed E-state index contributed by atoms with van der Waals surface area (Å²) in [6.07, 6.45) is 2.09. The minimum Gasteiger partial charge on any atom is -0.351 e. The molecule has 1 N–H and O–H groups in total. The van der Waals surface area contributed by atoms with Crippen LogP contribution in [0.4, 0.5) is 4.39 Å². The van der Waals surface area contributed by atoms with Crippen molar-refractivity contribution in [3.05, 3.63) is 34.1 Å². The summed E-state index contributed by atoms with van der Waals surface area (Å²) in [5, 5.41) is 2.87. The Bertz CT molecular complexity index is 499. The first-order valence-electron chi connectivity index (χ1n) is 6.81. The van der Waals surface area contributed by atoms with E-state index in [4.69, 9.17) is 0 Å². The molecule has 0 spiro atoms. The van der Waals surface area contributed by atoms with Crippen molar-refractivity contribution in [1.82, 2.24) is 10.2 Å². The van der Waals surface area contributed by atoms with Crippen molar-refractivity contribution in [3.8, 4) is 0 Å². The first-order chi connectivity index (χ1) is 9.39. The molecule has 5 heteroatoms. The van der Waals surface area contributed by atoms with E-state index in [9.17, 15) is 9.18 Å². The van der Waals surface area contributed by atoms with Gasteiger partial charge in [-0.3, -0.25) is 4.79 Å². The van der Waals surface area contributed by atoms with Crippen molar-refractivity contribution < 1.29 is 9.18 Å². The Morgan fingerprint density at radius 3 is 2.75 bits per heavy atom. The van der Waals surface area contributed by atoms with Crippen molar-refractivity contribution in [3.63, 3.8) is 0 Å². The molecule has 20 heavy (non-hydrogen) atoms. The van der Waals surface area contributed by atoms with Crippen LogP contribution in [-0.4, -0.2) is 37.5 Å². The number of hydrogen-bond donors (Lipinski definition) is 1. The van der Waals surface area contributed by atoms with Crippen LogP contribution in [0.1, 0.15) is 30.1 Å². The number of halogens is 2. The van der Waals surface area contributed by atoms with Crippen LogP contribution in [0.25, 0.3) is 0 Å². The van der Waals surface area contributed by atoms with E-state index in [-0.39, 0.29) is 16.9 Å². The molecule has 110 valence electrons. The maximum atomic E-state index is 13.6. The first-order valence-corrected chi connectivity index (χ1v) is 7.61. The number of piperidine rings is 1. The van der Waals surface area contributed by atoms with Gasteiger partial charge in [-0.2, -0.15) is 0 Å². The van der Waals surface area contributed by atoms with E-state index in [1.165, 1.54) is 12.1 Å². The molecular formula is C15H20BrFN2O. The fourth-order valence-corrected chi connectivity index (χ4v) is 2.76. The SMILES string of the molecule is CN1CCC(C)(CNC(=O)c2cc(Br)ccc2F)CC1. The molecule has 0 saturated carbocycles. The highest BCUT2D eigenvalue weighted by Crippen LogP contribution is 2.29. The molecule has 1 aliphatic heterocycles. The quantitative estimate of drug-likeness (QED) is 0.915. The molecule has 1 fully saturated rings. The van der Waals surface area contributed by atoms with Crippen LogP contribution in [0, 0.1) is 11.2 Å². The summed E-state index contributed by atoms with van der Waals surface area (Å²) in [5.41, 5.74) is 0.195. The smallest absolute Gasteiger partial charge is 0.254 e. The predicted molar refractivity (Wildman–Crippen MR) is 81.3 cm³/mol. The number of hydrogen-bond acceptors (Lipinski definition) is 2. The molecule has 1 amide bonds. The summed E-state index contributed by atoms with van der Waals surface area (Å²) in [4.78, 5) is 14.4. The second-order valence-corrected chi connectivity index (χ2v) is 6.84. The van der Waals surface area contributed by atoms with Gasteiger partial charge in [-0.05, 0) is 56.6 Å². The summed E-state index contributed by atoms with van der Waals surface area (Å²) in [5.74, 6) is -0.830. The molecule has 2 rings (SSSR count). The zero-order valence-corrected chi connectivity index (χ0v) is 13.5. The number of benzene rings is 1. The average molecular weight is 343 g/mol. The van der Waals surface area contributed by atoms with Gasteiger partial charge in [0.25, 0.3) is 5.91 Å². The van der Waals surface area contributed by atoms with E-state index >= 15 is 0 Å². The number of rotatable bonds is 3. The van der Waals surface area contributed by atoms with Crippen molar-refractivity contribution in [2.24, 2.45) is 5.41 Å². The molecule has 0 radical (unpaired) electrons. The van der Waals surface area contributed by atoms with E-state index in [2.05, 4.69) is 40.1 Å². The highest BCUT2D eigenvalue weighted by Gasteiger charge is 2.29. The van der Waals surface area contributed by atoms with Crippen LogP contribution >= 0.6 is 15.9 Å². The number of likely N-dealkylation sites (tertiary alicyclic amines) is 1. The Kier molecular flexibility index (Phi) is 4.81. The average Bonchev–Trinajstić information content (AvgIpc) is 2.43. The Balaban J connectivity index is 1.97. The minimum atomic E-state index is -0.487. The van der Waals surface area contributed by atoms with Gasteiger partial charge in [0, 0.05) is 11.0 Å². The molecule has 1 heterocycles. The molecular weight excluding hydrogens is 323 g/mol. The van der Waals surface area contributed by atoms with Crippen molar-refractivity contribution in [2.45, 2.75) is 19.8 Å². The van der Waals surface area contributed by atoms with E-state index in [0.29, 0.717) is 11.0 Å². The lowest BCUT2D eigenvalue weighted by atomic mass is 9.80. The third kappa shape index (κ3) is 3.79. The number of amides is 1. The first kappa shape index (κ1) is 15.4. The van der Waals surface area contributed by atoms with Crippen LogP contribution in [0.5, 0.6) is 0 Å². The summed E-state index contributed by atoms with van der Waals surface area (Å²) < 4.78 is 14.3. The maximum Gasteiger partial charge on any atom is 0.254 e. The van der Waals surface area contributed by atoms with E-state index in [0.717, 1.165) is 25.9 Å². The third-order valence-corrected chi connectivity index (χ3v) is 4.54. The Hall–Kier alpha value is -0.940. The van der Waals surface area contributed by atoms with Gasteiger partial charge in [0.15, 0.2) is 0 Å². The summed E-state index contributed by atoms with van der Waals surface area (Å²) in [6.45, 7) is 4.85. The number of nitrogens with zero attached hydrogens (tertiary/aromatic N) is 1. The molecule has 0 bridgehead atoms. The second kappa shape index (κ2) is 6.22. The normalized spacial score (nSPS) is 18.8. The highest BCUT2D eigenvalue weighted by atomic mass is 79.9. The summed E-state index contributed by atoms with van der Waals surface area (Å²) in [7, 11) is 2.11. The van der Waals surface area contributed by atoms with Crippen molar-refractivity contribution >= 4 is 21.8 Å². The van der Waals surface area contributed by atoms with Gasteiger partial charge >= 0.3 is 0 Å². The predicted octanol–water partition coefficient (Wildman–Crippen LogP) is 3.05. The van der Waals surface area contributed by atoms with Gasteiger partial charge in [0.05, 0.1) is 5.56 Å². The zero-order chi connectivity index (χ0) is 14.8. The van der Waals surface area contributed by atoms with Gasteiger partial charge in [0.2, 0.25) is 0 Å². The Morgan fingerprint density at radius 1 is 1.45 bits per heavy atom. The molecule has 0 aliphatic carbocycles. The van der Waals surface area contributed by atoms with Gasteiger partial charge < -0.3 is 10.2 Å². The minimum absolute atomic E-state index is 0.0934. The van der Waals surface area contributed by atoms with Crippen molar-refractivity contribution in [2.75, 3.05) is 26.7 Å². The van der Waals surface area contributed by atoms with Gasteiger partial charge in [-0.1, -0.05) is 22.9 Å². The maximum absolute atomic E-state index is 13.6. The van der Waals surface area contributed by atoms with Crippen LogP contribution in [0.15, 0.2) is 22.7 Å². The molecule has 3 nitrogen and oxygen atoms in total. The van der Waals surface area contributed by atoms with Crippen molar-refractivity contribution in [1.29, 1.82) is 0 Å². The highest BCUT2D eigenvalue weighted by molar-refractivity contribution is 9.10. The van der Waals surface area contributed by atoms with Gasteiger partial charge in [-0.15, -0.1) is 0 Å². The molecule has 0 atom stereocenters. The van der Waals surface area contributed by atoms with Crippen LogP contribution < -0.4 is 5.32 Å². The molecule has 1 aliphatic rings.